The topological polar surface area (TPSA) is 96.9 Å². The van der Waals surface area contributed by atoms with Crippen LogP contribution in [0.2, 0.25) is 0 Å². The number of nitrogens with zero attached hydrogens (tertiary/aromatic N) is 1. The molecular weight excluding hydrogens is 270 g/mol. The highest BCUT2D eigenvalue weighted by Gasteiger charge is 2.04. The van der Waals surface area contributed by atoms with Crippen molar-refractivity contribution < 1.29 is 14.7 Å². The van der Waals surface area contributed by atoms with Crippen LogP contribution >= 0.6 is 0 Å². The van der Waals surface area contributed by atoms with Crippen LogP contribution in [0.5, 0.6) is 0 Å². The first kappa shape index (κ1) is 17.0. The minimum atomic E-state index is -0.00158. The zero-order valence-electron chi connectivity index (χ0n) is 12.3. The van der Waals surface area contributed by atoms with Crippen LogP contribution in [0, 0.1) is 0 Å². The highest BCUT2D eigenvalue weighted by atomic mass is 16.5. The van der Waals surface area contributed by atoms with Crippen LogP contribution in [-0.4, -0.2) is 37.2 Å². The summed E-state index contributed by atoms with van der Waals surface area (Å²) in [6, 6.07) is 7.04. The Bertz CT molecular complexity index is 458. The number of nitrogens with two attached hydrogens (primary N) is 1. The van der Waals surface area contributed by atoms with Crippen molar-refractivity contribution in [2.24, 2.45) is 10.9 Å². The van der Waals surface area contributed by atoms with Crippen LogP contribution in [0.15, 0.2) is 29.4 Å². The first-order valence-electron chi connectivity index (χ1n) is 7.00. The third-order valence-electron chi connectivity index (χ3n) is 3.07. The summed E-state index contributed by atoms with van der Waals surface area (Å²) in [5.74, 6) is 0.0559. The van der Waals surface area contributed by atoms with E-state index in [4.69, 9.17) is 15.7 Å². The molecule has 0 heterocycles. The molecule has 4 N–H and O–H groups in total. The number of carbonyl (C=O) groups excluding carboxylic acids is 1. The Morgan fingerprint density at radius 1 is 1.29 bits per heavy atom. The van der Waals surface area contributed by atoms with Crippen molar-refractivity contribution in [2.45, 2.75) is 25.7 Å². The number of rotatable bonds is 9. The molecule has 0 fully saturated rings. The molecule has 21 heavy (non-hydrogen) atoms. The van der Waals surface area contributed by atoms with E-state index in [1.54, 1.807) is 31.4 Å². The van der Waals surface area contributed by atoms with Gasteiger partial charge in [0, 0.05) is 25.8 Å². The van der Waals surface area contributed by atoms with E-state index >= 15 is 0 Å². The number of hydrogen-bond acceptors (Lipinski definition) is 4. The van der Waals surface area contributed by atoms with E-state index < -0.39 is 0 Å². The lowest BCUT2D eigenvalue weighted by atomic mass is 10.1. The van der Waals surface area contributed by atoms with Crippen molar-refractivity contribution in [3.8, 4) is 0 Å². The van der Waals surface area contributed by atoms with Crippen LogP contribution < -0.4 is 11.1 Å². The summed E-state index contributed by atoms with van der Waals surface area (Å²) in [4.78, 5) is 11.8. The Balaban J connectivity index is 2.28. The number of nitrogens with one attached hydrogen (secondary N) is 1. The van der Waals surface area contributed by atoms with Gasteiger partial charge in [-0.15, -0.1) is 0 Å². The zero-order chi connectivity index (χ0) is 15.5. The van der Waals surface area contributed by atoms with Crippen molar-refractivity contribution in [3.63, 3.8) is 0 Å². The standard InChI is InChI=1S/C15H23N3O3/c1-21-10-4-2-3-9-17-14(19)11-12-5-7-13(8-6-12)15(16)18-20/h5-8,20H,2-4,9-11H2,1H3,(H2,16,18)(H,17,19). The normalized spacial score (nSPS) is 11.4. The van der Waals surface area contributed by atoms with Crippen LogP contribution in [0.4, 0.5) is 0 Å². The van der Waals surface area contributed by atoms with Crippen molar-refractivity contribution in [1.82, 2.24) is 5.32 Å². The van der Waals surface area contributed by atoms with E-state index in [0.717, 1.165) is 31.4 Å². The van der Waals surface area contributed by atoms with Gasteiger partial charge < -0.3 is 21.0 Å². The summed E-state index contributed by atoms with van der Waals surface area (Å²) in [5.41, 5.74) is 6.99. The second kappa shape index (κ2) is 9.77. The van der Waals surface area contributed by atoms with Crippen LogP contribution in [0.3, 0.4) is 0 Å². The third kappa shape index (κ3) is 6.76. The van der Waals surface area contributed by atoms with E-state index in [2.05, 4.69) is 10.5 Å². The highest BCUT2D eigenvalue weighted by Crippen LogP contribution is 2.05. The van der Waals surface area contributed by atoms with E-state index in [0.29, 0.717) is 18.5 Å². The number of ether oxygens (including phenoxy) is 1. The van der Waals surface area contributed by atoms with Gasteiger partial charge >= 0.3 is 0 Å². The highest BCUT2D eigenvalue weighted by molar-refractivity contribution is 5.97. The van der Waals surface area contributed by atoms with Gasteiger partial charge in [-0.05, 0) is 24.8 Å². The summed E-state index contributed by atoms with van der Waals surface area (Å²) in [6.07, 6.45) is 3.34. The first-order valence-corrected chi connectivity index (χ1v) is 7.00. The fourth-order valence-corrected chi connectivity index (χ4v) is 1.87. The Morgan fingerprint density at radius 3 is 2.62 bits per heavy atom. The van der Waals surface area contributed by atoms with E-state index in [1.807, 2.05) is 0 Å². The maximum Gasteiger partial charge on any atom is 0.224 e. The third-order valence-corrected chi connectivity index (χ3v) is 3.07. The number of oxime groups is 1. The predicted octanol–water partition coefficient (Wildman–Crippen LogP) is 1.26. The summed E-state index contributed by atoms with van der Waals surface area (Å²) >= 11 is 0. The molecule has 0 aliphatic heterocycles. The molecule has 1 aromatic rings. The molecule has 0 aromatic heterocycles. The fourth-order valence-electron chi connectivity index (χ4n) is 1.87. The van der Waals surface area contributed by atoms with Gasteiger partial charge in [0.25, 0.3) is 0 Å². The number of amidine groups is 1. The minimum absolute atomic E-state index is 0.00158. The Hall–Kier alpha value is -2.08. The number of unbranched alkanes of at least 4 members (excludes halogenated alkanes) is 2. The van der Waals surface area contributed by atoms with Gasteiger partial charge in [0.2, 0.25) is 5.91 Å². The lowest BCUT2D eigenvalue weighted by molar-refractivity contribution is -0.120. The summed E-state index contributed by atoms with van der Waals surface area (Å²) in [5, 5.41) is 14.4. The van der Waals surface area contributed by atoms with Crippen molar-refractivity contribution in [2.75, 3.05) is 20.3 Å². The quantitative estimate of drug-likeness (QED) is 0.210. The molecule has 0 radical (unpaired) electrons. The molecule has 116 valence electrons. The molecule has 0 bridgehead atoms. The predicted molar refractivity (Wildman–Crippen MR) is 81.4 cm³/mol. The molecule has 0 aliphatic rings. The van der Waals surface area contributed by atoms with E-state index in [9.17, 15) is 4.79 Å². The van der Waals surface area contributed by atoms with Crippen LogP contribution in [0.25, 0.3) is 0 Å². The molecule has 0 saturated carbocycles. The number of benzene rings is 1. The van der Waals surface area contributed by atoms with E-state index in [1.165, 1.54) is 0 Å². The van der Waals surface area contributed by atoms with Gasteiger partial charge in [0.05, 0.1) is 6.42 Å². The molecule has 1 amide bonds. The molecule has 0 saturated heterocycles. The van der Waals surface area contributed by atoms with Gasteiger partial charge in [0.1, 0.15) is 0 Å². The molecule has 6 nitrogen and oxygen atoms in total. The summed E-state index contributed by atoms with van der Waals surface area (Å²) in [7, 11) is 1.69. The number of amides is 1. The maximum atomic E-state index is 11.8. The van der Waals surface area contributed by atoms with Crippen LogP contribution in [-0.2, 0) is 16.0 Å². The lowest BCUT2D eigenvalue weighted by Gasteiger charge is -2.06. The molecule has 1 rings (SSSR count). The molecule has 6 heteroatoms. The maximum absolute atomic E-state index is 11.8. The number of hydrogen-bond donors (Lipinski definition) is 3. The largest absolute Gasteiger partial charge is 0.409 e. The second-order valence-corrected chi connectivity index (χ2v) is 4.76. The smallest absolute Gasteiger partial charge is 0.224 e. The average Bonchev–Trinajstić information content (AvgIpc) is 2.50. The second-order valence-electron chi connectivity index (χ2n) is 4.76. The molecule has 0 unspecified atom stereocenters. The molecule has 0 spiro atoms. The molecule has 1 aromatic carbocycles. The summed E-state index contributed by atoms with van der Waals surface area (Å²) < 4.78 is 4.96. The van der Waals surface area contributed by atoms with Gasteiger partial charge in [0.15, 0.2) is 5.84 Å². The molecular formula is C15H23N3O3. The SMILES string of the molecule is COCCCCCNC(=O)Cc1ccc(/C(N)=N/O)cc1. The summed E-state index contributed by atoms with van der Waals surface area (Å²) in [6.45, 7) is 1.45. The monoisotopic (exact) mass is 293 g/mol. The zero-order valence-corrected chi connectivity index (χ0v) is 12.3. The first-order chi connectivity index (χ1) is 10.2. The lowest BCUT2D eigenvalue weighted by Crippen LogP contribution is -2.26. The fraction of sp³-hybridized carbons (Fsp3) is 0.467. The van der Waals surface area contributed by atoms with Gasteiger partial charge in [-0.2, -0.15) is 0 Å². The molecule has 0 atom stereocenters. The van der Waals surface area contributed by atoms with Gasteiger partial charge in [-0.1, -0.05) is 29.4 Å². The van der Waals surface area contributed by atoms with Crippen molar-refractivity contribution >= 4 is 11.7 Å². The molecule has 0 aliphatic carbocycles. The number of carbonyl (C=O) groups is 1. The number of methoxy groups -OCH3 is 1. The Labute approximate surface area is 125 Å². The van der Waals surface area contributed by atoms with Gasteiger partial charge in [-0.25, -0.2) is 0 Å². The van der Waals surface area contributed by atoms with Gasteiger partial charge in [-0.3, -0.25) is 4.79 Å². The Kier molecular flexibility index (Phi) is 7.89. The van der Waals surface area contributed by atoms with Crippen molar-refractivity contribution in [1.29, 1.82) is 0 Å². The minimum Gasteiger partial charge on any atom is -0.409 e. The van der Waals surface area contributed by atoms with E-state index in [-0.39, 0.29) is 11.7 Å². The van der Waals surface area contributed by atoms with Crippen molar-refractivity contribution in [3.05, 3.63) is 35.4 Å². The average molecular weight is 293 g/mol. The Morgan fingerprint density at radius 2 is 2.00 bits per heavy atom. The van der Waals surface area contributed by atoms with Crippen LogP contribution in [0.1, 0.15) is 30.4 Å².